The van der Waals surface area contributed by atoms with E-state index >= 15 is 0 Å². The Bertz CT molecular complexity index is 274. The molecule has 0 heterocycles. The second kappa shape index (κ2) is 7.29. The van der Waals surface area contributed by atoms with Gasteiger partial charge < -0.3 is 5.32 Å². The molecule has 0 aromatic heterocycles. The molecule has 118 valence electrons. The van der Waals surface area contributed by atoms with Crippen LogP contribution in [0.2, 0.25) is 0 Å². The lowest BCUT2D eigenvalue weighted by molar-refractivity contribution is 0.144. The van der Waals surface area contributed by atoms with Gasteiger partial charge in [0.2, 0.25) is 0 Å². The molecule has 2 rings (SSSR count). The summed E-state index contributed by atoms with van der Waals surface area (Å²) in [4.78, 5) is 0. The Morgan fingerprint density at radius 3 is 2.30 bits per heavy atom. The lowest BCUT2D eigenvalue weighted by Crippen LogP contribution is -2.34. The standard InChI is InChI=1S/C19H37N/c1-5-6-15-7-8-17(14-20-18-9-10-18)16(13-15)11-12-19(2,3)4/h15-18,20H,5-14H2,1-4H3. The zero-order valence-electron chi connectivity index (χ0n) is 14.4. The van der Waals surface area contributed by atoms with Gasteiger partial charge in [0.05, 0.1) is 0 Å². The smallest absolute Gasteiger partial charge is 0.00683 e. The molecule has 0 radical (unpaired) electrons. The van der Waals surface area contributed by atoms with Crippen LogP contribution in [0.4, 0.5) is 0 Å². The highest BCUT2D eigenvalue weighted by Gasteiger charge is 2.32. The molecule has 0 bridgehead atoms. The van der Waals surface area contributed by atoms with E-state index in [9.17, 15) is 0 Å². The van der Waals surface area contributed by atoms with Gasteiger partial charge in [-0.05, 0) is 68.2 Å². The molecule has 2 aliphatic rings. The van der Waals surface area contributed by atoms with Crippen LogP contribution in [0, 0.1) is 23.2 Å². The van der Waals surface area contributed by atoms with E-state index < -0.39 is 0 Å². The van der Waals surface area contributed by atoms with Crippen LogP contribution in [-0.2, 0) is 0 Å². The van der Waals surface area contributed by atoms with Crippen LogP contribution in [0.3, 0.4) is 0 Å². The average molecular weight is 280 g/mol. The minimum absolute atomic E-state index is 0.506. The van der Waals surface area contributed by atoms with Crippen LogP contribution in [0.5, 0.6) is 0 Å². The van der Waals surface area contributed by atoms with Crippen molar-refractivity contribution in [3.05, 3.63) is 0 Å². The predicted molar refractivity (Wildman–Crippen MR) is 88.9 cm³/mol. The first-order chi connectivity index (χ1) is 9.48. The Morgan fingerprint density at radius 2 is 1.70 bits per heavy atom. The summed E-state index contributed by atoms with van der Waals surface area (Å²) in [5.74, 6) is 2.99. The Labute approximate surface area is 127 Å². The third-order valence-electron chi connectivity index (χ3n) is 5.46. The van der Waals surface area contributed by atoms with Gasteiger partial charge in [0.25, 0.3) is 0 Å². The van der Waals surface area contributed by atoms with E-state index in [-0.39, 0.29) is 0 Å². The van der Waals surface area contributed by atoms with Crippen molar-refractivity contribution >= 4 is 0 Å². The van der Waals surface area contributed by atoms with E-state index in [0.29, 0.717) is 5.41 Å². The van der Waals surface area contributed by atoms with Crippen molar-refractivity contribution in [3.8, 4) is 0 Å². The summed E-state index contributed by atoms with van der Waals surface area (Å²) in [5, 5.41) is 3.80. The summed E-state index contributed by atoms with van der Waals surface area (Å²) in [7, 11) is 0. The van der Waals surface area contributed by atoms with E-state index in [1.54, 1.807) is 0 Å². The van der Waals surface area contributed by atoms with Gasteiger partial charge in [-0.15, -0.1) is 0 Å². The number of hydrogen-bond donors (Lipinski definition) is 1. The van der Waals surface area contributed by atoms with Crippen LogP contribution in [0.25, 0.3) is 0 Å². The van der Waals surface area contributed by atoms with Gasteiger partial charge in [0, 0.05) is 6.04 Å². The van der Waals surface area contributed by atoms with Crippen molar-refractivity contribution in [2.24, 2.45) is 23.2 Å². The van der Waals surface area contributed by atoms with E-state index in [4.69, 9.17) is 0 Å². The van der Waals surface area contributed by atoms with Gasteiger partial charge >= 0.3 is 0 Å². The molecule has 2 fully saturated rings. The maximum atomic E-state index is 3.80. The highest BCUT2D eigenvalue weighted by Crippen LogP contribution is 2.40. The van der Waals surface area contributed by atoms with Crippen molar-refractivity contribution in [2.45, 2.75) is 91.5 Å². The molecule has 3 unspecified atom stereocenters. The van der Waals surface area contributed by atoms with Gasteiger partial charge in [0.15, 0.2) is 0 Å². The SMILES string of the molecule is CCCC1CCC(CNC2CC2)C(CCC(C)(C)C)C1. The minimum atomic E-state index is 0.506. The monoisotopic (exact) mass is 279 g/mol. The molecule has 0 aromatic rings. The summed E-state index contributed by atoms with van der Waals surface area (Å²) >= 11 is 0. The summed E-state index contributed by atoms with van der Waals surface area (Å²) in [6.07, 6.45) is 13.1. The second-order valence-electron chi connectivity index (χ2n) is 8.77. The lowest BCUT2D eigenvalue weighted by atomic mass is 9.69. The summed E-state index contributed by atoms with van der Waals surface area (Å²) in [6.45, 7) is 10.9. The Balaban J connectivity index is 1.82. The van der Waals surface area contributed by atoms with Crippen LogP contribution < -0.4 is 5.32 Å². The van der Waals surface area contributed by atoms with Crippen LogP contribution >= 0.6 is 0 Å². The van der Waals surface area contributed by atoms with Crippen LogP contribution in [-0.4, -0.2) is 12.6 Å². The molecule has 2 aliphatic carbocycles. The van der Waals surface area contributed by atoms with E-state index in [1.807, 2.05) is 0 Å². The van der Waals surface area contributed by atoms with Crippen molar-refractivity contribution in [3.63, 3.8) is 0 Å². The zero-order valence-corrected chi connectivity index (χ0v) is 14.4. The molecule has 1 heteroatoms. The Kier molecular flexibility index (Phi) is 5.95. The highest BCUT2D eigenvalue weighted by molar-refractivity contribution is 4.86. The Hall–Kier alpha value is -0.0400. The molecule has 3 atom stereocenters. The molecular formula is C19H37N. The zero-order chi connectivity index (χ0) is 14.6. The second-order valence-corrected chi connectivity index (χ2v) is 8.77. The number of nitrogens with one attached hydrogen (secondary N) is 1. The predicted octanol–water partition coefficient (Wildman–Crippen LogP) is 5.40. The van der Waals surface area contributed by atoms with Gasteiger partial charge in [-0.25, -0.2) is 0 Å². The molecule has 0 saturated heterocycles. The van der Waals surface area contributed by atoms with Crippen molar-refractivity contribution < 1.29 is 0 Å². The molecule has 0 aliphatic heterocycles. The summed E-state index contributed by atoms with van der Waals surface area (Å²) in [6, 6.07) is 0.881. The largest absolute Gasteiger partial charge is 0.314 e. The third kappa shape index (κ3) is 5.76. The maximum Gasteiger partial charge on any atom is 0.00683 e. The van der Waals surface area contributed by atoms with E-state index in [0.717, 1.165) is 23.8 Å². The summed E-state index contributed by atoms with van der Waals surface area (Å²) in [5.41, 5.74) is 0.506. The molecule has 0 spiro atoms. The molecule has 0 aromatic carbocycles. The normalized spacial score (nSPS) is 31.5. The maximum absolute atomic E-state index is 3.80. The minimum Gasteiger partial charge on any atom is -0.314 e. The first-order valence-corrected chi connectivity index (χ1v) is 9.21. The number of hydrogen-bond acceptors (Lipinski definition) is 1. The first kappa shape index (κ1) is 16.3. The highest BCUT2D eigenvalue weighted by atomic mass is 14.9. The number of rotatable bonds is 7. The fourth-order valence-electron chi connectivity index (χ4n) is 3.94. The fourth-order valence-corrected chi connectivity index (χ4v) is 3.94. The molecule has 1 N–H and O–H groups in total. The Morgan fingerprint density at radius 1 is 0.950 bits per heavy atom. The van der Waals surface area contributed by atoms with Crippen LogP contribution in [0.15, 0.2) is 0 Å². The topological polar surface area (TPSA) is 12.0 Å². The van der Waals surface area contributed by atoms with Gasteiger partial charge in [-0.1, -0.05) is 47.0 Å². The van der Waals surface area contributed by atoms with Crippen molar-refractivity contribution in [2.75, 3.05) is 6.54 Å². The molecule has 20 heavy (non-hydrogen) atoms. The van der Waals surface area contributed by atoms with Gasteiger partial charge in [-0.2, -0.15) is 0 Å². The average Bonchev–Trinajstić information content (AvgIpc) is 3.18. The van der Waals surface area contributed by atoms with E-state index in [2.05, 4.69) is 33.0 Å². The molecule has 1 nitrogen and oxygen atoms in total. The third-order valence-corrected chi connectivity index (χ3v) is 5.46. The van der Waals surface area contributed by atoms with Gasteiger partial charge in [0.1, 0.15) is 0 Å². The summed E-state index contributed by atoms with van der Waals surface area (Å²) < 4.78 is 0. The van der Waals surface area contributed by atoms with Crippen LogP contribution in [0.1, 0.15) is 85.5 Å². The molecular weight excluding hydrogens is 242 g/mol. The molecule has 0 amide bonds. The van der Waals surface area contributed by atoms with Crippen molar-refractivity contribution in [1.82, 2.24) is 5.32 Å². The first-order valence-electron chi connectivity index (χ1n) is 9.21. The quantitative estimate of drug-likeness (QED) is 0.658. The van der Waals surface area contributed by atoms with Gasteiger partial charge in [-0.3, -0.25) is 0 Å². The lowest BCUT2D eigenvalue weighted by Gasteiger charge is -2.38. The van der Waals surface area contributed by atoms with Crippen molar-refractivity contribution in [1.29, 1.82) is 0 Å². The molecule has 2 saturated carbocycles. The van der Waals surface area contributed by atoms with E-state index in [1.165, 1.54) is 64.3 Å². The fraction of sp³-hybridized carbons (Fsp3) is 1.00.